The first-order valence-corrected chi connectivity index (χ1v) is 9.09. The molecule has 2 fully saturated rings. The SMILES string of the molecule is CC(=O)N1CC2(CCN(C(=O)c3ccc(C)c(C)c3)CC2)C[C@H]1C(=O)O. The molecule has 6 heteroatoms. The third-order valence-corrected chi connectivity index (χ3v) is 6.06. The summed E-state index contributed by atoms with van der Waals surface area (Å²) in [5, 5.41) is 9.43. The van der Waals surface area contributed by atoms with Gasteiger partial charge in [-0.1, -0.05) is 6.07 Å². The number of likely N-dealkylation sites (tertiary alicyclic amines) is 2. The van der Waals surface area contributed by atoms with Gasteiger partial charge in [-0.3, -0.25) is 9.59 Å². The van der Waals surface area contributed by atoms with Crippen molar-refractivity contribution in [2.45, 2.75) is 46.1 Å². The molecule has 2 aliphatic rings. The number of carbonyl (C=O) groups is 3. The number of rotatable bonds is 2. The van der Waals surface area contributed by atoms with Gasteiger partial charge >= 0.3 is 5.97 Å². The number of carboxylic acid groups (broad SMARTS) is 1. The van der Waals surface area contributed by atoms with Crippen LogP contribution in [-0.2, 0) is 9.59 Å². The van der Waals surface area contributed by atoms with E-state index in [1.54, 1.807) is 0 Å². The maximum absolute atomic E-state index is 12.8. The Labute approximate surface area is 153 Å². The quantitative estimate of drug-likeness (QED) is 0.879. The Bertz CT molecular complexity index is 726. The van der Waals surface area contributed by atoms with Crippen LogP contribution in [0.2, 0.25) is 0 Å². The molecule has 0 saturated carbocycles. The normalized spacial score (nSPS) is 21.9. The first kappa shape index (κ1) is 18.4. The van der Waals surface area contributed by atoms with Crippen molar-refractivity contribution in [1.29, 1.82) is 0 Å². The van der Waals surface area contributed by atoms with Gasteiger partial charge in [0.2, 0.25) is 5.91 Å². The van der Waals surface area contributed by atoms with Gasteiger partial charge in [-0.05, 0) is 61.8 Å². The van der Waals surface area contributed by atoms with Crippen molar-refractivity contribution in [3.05, 3.63) is 34.9 Å². The molecule has 3 rings (SSSR count). The average molecular weight is 358 g/mol. The van der Waals surface area contributed by atoms with Gasteiger partial charge in [-0.25, -0.2) is 4.79 Å². The Hall–Kier alpha value is -2.37. The minimum Gasteiger partial charge on any atom is -0.480 e. The fourth-order valence-corrected chi connectivity index (χ4v) is 4.21. The molecule has 0 aliphatic carbocycles. The second kappa shape index (κ2) is 6.74. The Morgan fingerprint density at radius 2 is 1.77 bits per heavy atom. The van der Waals surface area contributed by atoms with Crippen molar-refractivity contribution in [3.63, 3.8) is 0 Å². The standard InChI is InChI=1S/C20H26N2O4/c1-13-4-5-16(10-14(13)2)18(24)21-8-6-20(7-9-21)11-17(19(25)26)22(12-20)15(3)23/h4-5,10,17H,6-9,11-12H2,1-3H3,(H,25,26)/t17-/m0/s1. The lowest BCUT2D eigenvalue weighted by Crippen LogP contribution is -2.44. The van der Waals surface area contributed by atoms with Gasteiger partial charge in [0.1, 0.15) is 6.04 Å². The summed E-state index contributed by atoms with van der Waals surface area (Å²) < 4.78 is 0. The van der Waals surface area contributed by atoms with E-state index in [0.29, 0.717) is 31.6 Å². The van der Waals surface area contributed by atoms with Crippen LogP contribution in [-0.4, -0.2) is 58.4 Å². The molecular formula is C20H26N2O4. The van der Waals surface area contributed by atoms with Crippen molar-refractivity contribution in [2.75, 3.05) is 19.6 Å². The molecule has 2 amide bonds. The molecule has 1 spiro atoms. The van der Waals surface area contributed by atoms with Gasteiger partial charge in [0.05, 0.1) is 0 Å². The Kier molecular flexibility index (Phi) is 4.78. The minimum absolute atomic E-state index is 0.0270. The molecule has 26 heavy (non-hydrogen) atoms. The third kappa shape index (κ3) is 3.32. The predicted molar refractivity (Wildman–Crippen MR) is 96.9 cm³/mol. The first-order valence-electron chi connectivity index (χ1n) is 9.09. The lowest BCUT2D eigenvalue weighted by atomic mass is 9.76. The molecule has 0 aromatic heterocycles. The molecule has 2 aliphatic heterocycles. The van der Waals surface area contributed by atoms with Crippen LogP contribution in [0.25, 0.3) is 0 Å². The number of carbonyl (C=O) groups excluding carboxylic acids is 2. The van der Waals surface area contributed by atoms with Crippen LogP contribution in [0.5, 0.6) is 0 Å². The topological polar surface area (TPSA) is 77.9 Å². The van der Waals surface area contributed by atoms with Crippen LogP contribution in [0.15, 0.2) is 18.2 Å². The van der Waals surface area contributed by atoms with Crippen LogP contribution < -0.4 is 0 Å². The van der Waals surface area contributed by atoms with E-state index in [2.05, 4.69) is 0 Å². The summed E-state index contributed by atoms with van der Waals surface area (Å²) in [6.45, 7) is 7.12. The fraction of sp³-hybridized carbons (Fsp3) is 0.550. The van der Waals surface area contributed by atoms with E-state index in [1.165, 1.54) is 11.8 Å². The molecular weight excluding hydrogens is 332 g/mol. The molecule has 1 aromatic carbocycles. The Morgan fingerprint density at radius 1 is 1.12 bits per heavy atom. The summed E-state index contributed by atoms with van der Waals surface area (Å²) >= 11 is 0. The van der Waals surface area contributed by atoms with Crippen molar-refractivity contribution < 1.29 is 19.5 Å². The molecule has 0 bridgehead atoms. The van der Waals surface area contributed by atoms with Crippen LogP contribution >= 0.6 is 0 Å². The molecule has 1 atom stereocenters. The zero-order valence-electron chi connectivity index (χ0n) is 15.6. The highest BCUT2D eigenvalue weighted by molar-refractivity contribution is 5.94. The summed E-state index contributed by atoms with van der Waals surface area (Å²) in [6.07, 6.45) is 1.95. The molecule has 1 aromatic rings. The summed E-state index contributed by atoms with van der Waals surface area (Å²) in [6, 6.07) is 5.01. The van der Waals surface area contributed by atoms with E-state index in [0.717, 1.165) is 24.0 Å². The fourth-order valence-electron chi connectivity index (χ4n) is 4.21. The van der Waals surface area contributed by atoms with Crippen molar-refractivity contribution in [1.82, 2.24) is 9.80 Å². The van der Waals surface area contributed by atoms with E-state index >= 15 is 0 Å². The molecule has 0 radical (unpaired) electrons. The summed E-state index contributed by atoms with van der Waals surface area (Å²) in [4.78, 5) is 39.4. The number of piperidine rings is 1. The first-order chi connectivity index (χ1) is 12.2. The molecule has 6 nitrogen and oxygen atoms in total. The summed E-state index contributed by atoms with van der Waals surface area (Å²) in [5.41, 5.74) is 2.77. The molecule has 0 unspecified atom stereocenters. The zero-order chi connectivity index (χ0) is 19.1. The van der Waals surface area contributed by atoms with E-state index in [-0.39, 0.29) is 17.2 Å². The van der Waals surface area contributed by atoms with E-state index < -0.39 is 12.0 Å². The second-order valence-electron chi connectivity index (χ2n) is 7.80. The Morgan fingerprint density at radius 3 is 2.27 bits per heavy atom. The number of benzene rings is 1. The number of hydrogen-bond acceptors (Lipinski definition) is 3. The maximum Gasteiger partial charge on any atom is 0.326 e. The van der Waals surface area contributed by atoms with Crippen LogP contribution in [0.1, 0.15) is 47.7 Å². The monoisotopic (exact) mass is 358 g/mol. The Balaban J connectivity index is 1.69. The van der Waals surface area contributed by atoms with Crippen molar-refractivity contribution >= 4 is 17.8 Å². The van der Waals surface area contributed by atoms with E-state index in [4.69, 9.17) is 0 Å². The average Bonchev–Trinajstić information content (AvgIpc) is 2.97. The van der Waals surface area contributed by atoms with E-state index in [9.17, 15) is 19.5 Å². The number of hydrogen-bond donors (Lipinski definition) is 1. The van der Waals surface area contributed by atoms with Gasteiger partial charge in [-0.15, -0.1) is 0 Å². The summed E-state index contributed by atoms with van der Waals surface area (Å²) in [5.74, 6) is -1.10. The number of nitrogens with zero attached hydrogens (tertiary/aromatic N) is 2. The highest BCUT2D eigenvalue weighted by Gasteiger charge is 2.49. The number of amides is 2. The van der Waals surface area contributed by atoms with Gasteiger partial charge < -0.3 is 14.9 Å². The number of aryl methyl sites for hydroxylation is 2. The molecule has 140 valence electrons. The summed E-state index contributed by atoms with van der Waals surface area (Å²) in [7, 11) is 0. The number of aliphatic carboxylic acids is 1. The predicted octanol–water partition coefficient (Wildman–Crippen LogP) is 2.23. The lowest BCUT2D eigenvalue weighted by molar-refractivity contribution is -0.147. The number of carboxylic acids is 1. The highest BCUT2D eigenvalue weighted by atomic mass is 16.4. The van der Waals surface area contributed by atoms with Crippen molar-refractivity contribution in [2.24, 2.45) is 5.41 Å². The van der Waals surface area contributed by atoms with E-state index in [1.807, 2.05) is 36.9 Å². The van der Waals surface area contributed by atoms with Crippen molar-refractivity contribution in [3.8, 4) is 0 Å². The smallest absolute Gasteiger partial charge is 0.326 e. The largest absolute Gasteiger partial charge is 0.480 e. The second-order valence-corrected chi connectivity index (χ2v) is 7.80. The highest BCUT2D eigenvalue weighted by Crippen LogP contribution is 2.43. The molecule has 2 saturated heterocycles. The minimum atomic E-state index is -0.939. The van der Waals surface area contributed by atoms with Crippen LogP contribution in [0.4, 0.5) is 0 Å². The van der Waals surface area contributed by atoms with Crippen LogP contribution in [0.3, 0.4) is 0 Å². The maximum atomic E-state index is 12.8. The van der Waals surface area contributed by atoms with Gasteiger partial charge in [0.25, 0.3) is 5.91 Å². The van der Waals surface area contributed by atoms with Gasteiger partial charge in [0, 0.05) is 32.1 Å². The van der Waals surface area contributed by atoms with Crippen LogP contribution in [0, 0.1) is 19.3 Å². The molecule has 2 heterocycles. The van der Waals surface area contributed by atoms with Gasteiger partial charge in [-0.2, -0.15) is 0 Å². The third-order valence-electron chi connectivity index (χ3n) is 6.06. The van der Waals surface area contributed by atoms with Gasteiger partial charge in [0.15, 0.2) is 0 Å². The lowest BCUT2D eigenvalue weighted by Gasteiger charge is -2.39. The zero-order valence-corrected chi connectivity index (χ0v) is 15.6. The molecule has 1 N–H and O–H groups in total.